The summed E-state index contributed by atoms with van der Waals surface area (Å²) in [6, 6.07) is 4.80. The van der Waals surface area contributed by atoms with Crippen LogP contribution < -0.4 is 5.32 Å². The number of alkyl halides is 3. The predicted octanol–water partition coefficient (Wildman–Crippen LogP) is 2.36. The van der Waals surface area contributed by atoms with Gasteiger partial charge in [-0.2, -0.15) is 18.3 Å². The molecule has 1 fully saturated rings. The number of aromatic hydroxyl groups is 1. The summed E-state index contributed by atoms with van der Waals surface area (Å²) in [5.41, 5.74) is -1.50. The largest absolute Gasteiger partial charge is 0.504 e. The molecule has 9 heteroatoms. The number of benzene rings is 1. The molecule has 1 atom stereocenters. The number of rotatable bonds is 4. The number of carbonyl (C=O) groups excluding carboxylic acids is 1. The maximum Gasteiger partial charge on any atom is 0.418 e. The van der Waals surface area contributed by atoms with Gasteiger partial charge in [-0.05, 0) is 18.6 Å². The summed E-state index contributed by atoms with van der Waals surface area (Å²) in [5.74, 6) is -0.955. The molecule has 0 radical (unpaired) electrons. The molecular weight excluding hydrogens is 339 g/mol. The fraction of sp³-hybridized carbons (Fsp3) is 0.375. The minimum atomic E-state index is -4.58. The Kier molecular flexibility index (Phi) is 4.67. The van der Waals surface area contributed by atoms with Crippen molar-refractivity contribution in [2.24, 2.45) is 5.92 Å². The monoisotopic (exact) mass is 355 g/mol. The van der Waals surface area contributed by atoms with Crippen molar-refractivity contribution in [1.82, 2.24) is 15.1 Å². The molecule has 1 saturated heterocycles. The van der Waals surface area contributed by atoms with Crippen molar-refractivity contribution >= 4 is 5.91 Å². The van der Waals surface area contributed by atoms with E-state index in [0.717, 1.165) is 23.4 Å². The van der Waals surface area contributed by atoms with Gasteiger partial charge in [0.05, 0.1) is 24.1 Å². The topological polar surface area (TPSA) is 76.4 Å². The number of amides is 1. The molecule has 0 saturated carbocycles. The lowest BCUT2D eigenvalue weighted by atomic mass is 10.1. The zero-order valence-electron chi connectivity index (χ0n) is 13.1. The van der Waals surface area contributed by atoms with E-state index in [1.54, 1.807) is 0 Å². The van der Waals surface area contributed by atoms with E-state index in [9.17, 15) is 23.1 Å². The first-order valence-electron chi connectivity index (χ1n) is 7.67. The van der Waals surface area contributed by atoms with Crippen molar-refractivity contribution < 1.29 is 27.8 Å². The molecule has 1 aliphatic heterocycles. The van der Waals surface area contributed by atoms with E-state index in [1.807, 2.05) is 0 Å². The van der Waals surface area contributed by atoms with Gasteiger partial charge in [-0.1, -0.05) is 12.1 Å². The average molecular weight is 355 g/mol. The first-order chi connectivity index (χ1) is 11.9. The summed E-state index contributed by atoms with van der Waals surface area (Å²) >= 11 is 0. The van der Waals surface area contributed by atoms with E-state index in [0.29, 0.717) is 19.8 Å². The van der Waals surface area contributed by atoms with Gasteiger partial charge < -0.3 is 15.2 Å². The van der Waals surface area contributed by atoms with E-state index >= 15 is 0 Å². The molecule has 1 amide bonds. The number of halogens is 3. The third-order valence-electron chi connectivity index (χ3n) is 3.94. The van der Waals surface area contributed by atoms with Crippen LogP contribution in [0, 0.1) is 5.92 Å². The number of nitrogens with one attached hydrogen (secondary N) is 1. The molecule has 1 aromatic heterocycles. The van der Waals surface area contributed by atoms with Crippen molar-refractivity contribution in [3.63, 3.8) is 0 Å². The van der Waals surface area contributed by atoms with Crippen LogP contribution in [0.15, 0.2) is 30.5 Å². The number of hydrogen-bond acceptors (Lipinski definition) is 4. The molecule has 134 valence electrons. The Morgan fingerprint density at radius 1 is 1.40 bits per heavy atom. The molecule has 0 bridgehead atoms. The standard InChI is InChI=1S/C16H16F3N3O3/c17-16(18,19)11-3-1-2-4-12(11)22-8-13(23)14(21-22)15(24)20-7-10-5-6-25-9-10/h1-4,8,10,23H,5-7,9H2,(H,20,24)/t10-/m0/s1. The Bertz CT molecular complexity index is 767. The lowest BCUT2D eigenvalue weighted by Crippen LogP contribution is -2.30. The lowest BCUT2D eigenvalue weighted by molar-refractivity contribution is -0.137. The van der Waals surface area contributed by atoms with Crippen LogP contribution in [0.1, 0.15) is 22.5 Å². The normalized spacial score (nSPS) is 17.6. The second-order valence-corrected chi connectivity index (χ2v) is 5.76. The molecule has 3 rings (SSSR count). The molecule has 6 nitrogen and oxygen atoms in total. The zero-order chi connectivity index (χ0) is 18.0. The highest BCUT2D eigenvalue weighted by molar-refractivity contribution is 5.94. The minimum absolute atomic E-state index is 0.180. The molecule has 2 aromatic rings. The Hall–Kier alpha value is -2.55. The summed E-state index contributed by atoms with van der Waals surface area (Å²) in [5, 5.41) is 16.3. The van der Waals surface area contributed by atoms with Gasteiger partial charge >= 0.3 is 6.18 Å². The van der Waals surface area contributed by atoms with Crippen LogP contribution in [-0.4, -0.2) is 40.6 Å². The highest BCUT2D eigenvalue weighted by Gasteiger charge is 2.34. The van der Waals surface area contributed by atoms with E-state index in [4.69, 9.17) is 4.74 Å². The third kappa shape index (κ3) is 3.76. The Balaban J connectivity index is 1.82. The van der Waals surface area contributed by atoms with Crippen LogP contribution in [0.4, 0.5) is 13.2 Å². The van der Waals surface area contributed by atoms with Crippen LogP contribution in [-0.2, 0) is 10.9 Å². The van der Waals surface area contributed by atoms with Crippen molar-refractivity contribution in [3.8, 4) is 11.4 Å². The first kappa shape index (κ1) is 17.3. The number of carbonyl (C=O) groups is 1. The number of aromatic nitrogens is 2. The quantitative estimate of drug-likeness (QED) is 0.883. The van der Waals surface area contributed by atoms with Gasteiger partial charge in [0.2, 0.25) is 0 Å². The highest BCUT2D eigenvalue weighted by atomic mass is 19.4. The predicted molar refractivity (Wildman–Crippen MR) is 81.5 cm³/mol. The summed E-state index contributed by atoms with van der Waals surface area (Å²) in [4.78, 5) is 12.1. The second kappa shape index (κ2) is 6.75. The molecule has 1 aliphatic rings. The van der Waals surface area contributed by atoms with Gasteiger partial charge in [0, 0.05) is 19.1 Å². The Labute approximate surface area is 141 Å². The van der Waals surface area contributed by atoms with Gasteiger partial charge in [-0.15, -0.1) is 0 Å². The molecule has 2 heterocycles. The van der Waals surface area contributed by atoms with Crippen molar-refractivity contribution in [3.05, 3.63) is 41.7 Å². The van der Waals surface area contributed by atoms with Crippen LogP contribution in [0.25, 0.3) is 5.69 Å². The molecule has 1 aromatic carbocycles. The number of hydrogen-bond donors (Lipinski definition) is 2. The van der Waals surface area contributed by atoms with Crippen LogP contribution in [0.3, 0.4) is 0 Å². The summed E-state index contributed by atoms with van der Waals surface area (Å²) in [7, 11) is 0. The molecular formula is C16H16F3N3O3. The van der Waals surface area contributed by atoms with E-state index in [-0.39, 0.29) is 17.3 Å². The van der Waals surface area contributed by atoms with Crippen LogP contribution in [0.5, 0.6) is 5.75 Å². The van der Waals surface area contributed by atoms with Crippen molar-refractivity contribution in [2.75, 3.05) is 19.8 Å². The third-order valence-corrected chi connectivity index (χ3v) is 3.94. The first-order valence-corrected chi connectivity index (χ1v) is 7.67. The number of para-hydroxylation sites is 1. The van der Waals surface area contributed by atoms with Crippen molar-refractivity contribution in [1.29, 1.82) is 0 Å². The van der Waals surface area contributed by atoms with Crippen LogP contribution in [0.2, 0.25) is 0 Å². The molecule has 0 unspecified atom stereocenters. The summed E-state index contributed by atoms with van der Waals surface area (Å²) < 4.78 is 45.3. The SMILES string of the molecule is O=C(NC[C@@H]1CCOC1)c1nn(-c2ccccc2C(F)(F)F)cc1O. The fourth-order valence-electron chi connectivity index (χ4n) is 2.63. The maximum atomic E-state index is 13.1. The smallest absolute Gasteiger partial charge is 0.418 e. The fourth-order valence-corrected chi connectivity index (χ4v) is 2.63. The van der Waals surface area contributed by atoms with Gasteiger partial charge in [-0.3, -0.25) is 4.79 Å². The Morgan fingerprint density at radius 2 is 2.16 bits per heavy atom. The summed E-state index contributed by atoms with van der Waals surface area (Å²) in [6.07, 6.45) is -2.78. The van der Waals surface area contributed by atoms with Gasteiger partial charge in [-0.25, -0.2) is 4.68 Å². The number of ether oxygens (including phenoxy) is 1. The molecule has 0 aliphatic carbocycles. The summed E-state index contributed by atoms with van der Waals surface area (Å²) in [6.45, 7) is 1.53. The van der Waals surface area contributed by atoms with E-state index in [2.05, 4.69) is 10.4 Å². The molecule has 0 spiro atoms. The maximum absolute atomic E-state index is 13.1. The van der Waals surface area contributed by atoms with Gasteiger partial charge in [0.25, 0.3) is 5.91 Å². The average Bonchev–Trinajstić information content (AvgIpc) is 3.21. The Morgan fingerprint density at radius 3 is 2.84 bits per heavy atom. The second-order valence-electron chi connectivity index (χ2n) is 5.76. The number of nitrogens with zero attached hydrogens (tertiary/aromatic N) is 2. The molecule has 25 heavy (non-hydrogen) atoms. The van der Waals surface area contributed by atoms with E-state index in [1.165, 1.54) is 18.2 Å². The van der Waals surface area contributed by atoms with Crippen LogP contribution >= 0.6 is 0 Å². The van der Waals surface area contributed by atoms with E-state index < -0.39 is 23.4 Å². The van der Waals surface area contributed by atoms with Gasteiger partial charge in [0.15, 0.2) is 11.4 Å². The highest BCUT2D eigenvalue weighted by Crippen LogP contribution is 2.34. The minimum Gasteiger partial charge on any atom is -0.504 e. The molecule has 2 N–H and O–H groups in total. The van der Waals surface area contributed by atoms with Gasteiger partial charge in [0.1, 0.15) is 0 Å². The lowest BCUT2D eigenvalue weighted by Gasteiger charge is -2.12. The van der Waals surface area contributed by atoms with Crippen molar-refractivity contribution in [2.45, 2.75) is 12.6 Å². The zero-order valence-corrected chi connectivity index (χ0v) is 13.1.